The van der Waals surface area contributed by atoms with Gasteiger partial charge in [-0.25, -0.2) is 0 Å². The summed E-state index contributed by atoms with van der Waals surface area (Å²) in [5.74, 6) is 1.02. The number of hydrogen-bond donors (Lipinski definition) is 0. The zero-order valence-corrected chi connectivity index (χ0v) is 11.5. The first-order valence-electron chi connectivity index (χ1n) is 7.73. The highest BCUT2D eigenvalue weighted by Crippen LogP contribution is 2.73. The average molecular weight is 232 g/mol. The fourth-order valence-corrected chi connectivity index (χ4v) is 6.01. The van der Waals surface area contributed by atoms with Gasteiger partial charge in [-0.05, 0) is 45.4 Å². The third-order valence-corrected chi connectivity index (χ3v) is 7.08. The van der Waals surface area contributed by atoms with Crippen molar-refractivity contribution >= 4 is 0 Å². The van der Waals surface area contributed by atoms with Crippen LogP contribution in [0.25, 0.3) is 0 Å². The molecule has 0 radical (unpaired) electrons. The third kappa shape index (κ3) is 1.06. The molecule has 0 bridgehead atoms. The molecule has 0 amide bonds. The van der Waals surface area contributed by atoms with Crippen LogP contribution in [0.5, 0.6) is 0 Å². The monoisotopic (exact) mass is 232 g/mol. The van der Waals surface area contributed by atoms with Gasteiger partial charge in [0.2, 0.25) is 0 Å². The van der Waals surface area contributed by atoms with Crippen molar-refractivity contribution < 1.29 is 4.48 Å². The maximum Gasteiger partial charge on any atom is 0.0857 e. The predicted molar refractivity (Wildman–Crippen MR) is 70.6 cm³/mol. The maximum atomic E-state index is 2.64. The third-order valence-electron chi connectivity index (χ3n) is 7.08. The normalized spacial score (nSPS) is 49.3. The lowest BCUT2D eigenvalue weighted by Gasteiger charge is -2.38. The Hall–Kier alpha value is -0.300. The van der Waals surface area contributed by atoms with Crippen LogP contribution in [0.3, 0.4) is 0 Å². The SMILES string of the molecule is CC[N+]1(CC)CC23CC=C4CC4C2(CCC3)C1. The van der Waals surface area contributed by atoms with Crippen LogP contribution in [0.1, 0.15) is 46.0 Å². The Morgan fingerprint density at radius 3 is 2.82 bits per heavy atom. The van der Waals surface area contributed by atoms with Crippen LogP contribution in [0.4, 0.5) is 0 Å². The molecule has 17 heavy (non-hydrogen) atoms. The Bertz CT molecular complexity index is 392. The molecule has 3 aliphatic carbocycles. The van der Waals surface area contributed by atoms with Gasteiger partial charge in [-0.1, -0.05) is 18.1 Å². The average Bonchev–Trinajstić information content (AvgIpc) is 2.97. The minimum absolute atomic E-state index is 0.726. The molecule has 3 unspecified atom stereocenters. The molecule has 0 N–H and O–H groups in total. The second kappa shape index (κ2) is 2.99. The van der Waals surface area contributed by atoms with Gasteiger partial charge in [0.25, 0.3) is 0 Å². The first-order chi connectivity index (χ1) is 8.19. The molecular formula is C16H26N+. The molecule has 3 fully saturated rings. The quantitative estimate of drug-likeness (QED) is 0.506. The van der Waals surface area contributed by atoms with Gasteiger partial charge >= 0.3 is 0 Å². The van der Waals surface area contributed by atoms with Crippen molar-refractivity contribution in [2.24, 2.45) is 16.7 Å². The molecule has 94 valence electrons. The number of hydrogen-bond acceptors (Lipinski definition) is 0. The minimum Gasteiger partial charge on any atom is -0.323 e. The fraction of sp³-hybridized carbons (Fsp3) is 0.875. The van der Waals surface area contributed by atoms with Gasteiger partial charge < -0.3 is 4.48 Å². The summed E-state index contributed by atoms with van der Waals surface area (Å²) in [7, 11) is 0. The lowest BCUT2D eigenvalue weighted by molar-refractivity contribution is -0.919. The lowest BCUT2D eigenvalue weighted by atomic mass is 9.61. The number of likely N-dealkylation sites (tertiary alicyclic amines) is 1. The van der Waals surface area contributed by atoms with Crippen LogP contribution in [0.15, 0.2) is 11.6 Å². The van der Waals surface area contributed by atoms with Gasteiger partial charge in [-0.3, -0.25) is 0 Å². The molecule has 0 aromatic heterocycles. The number of allylic oxidation sites excluding steroid dienone is 2. The Morgan fingerprint density at radius 2 is 2.06 bits per heavy atom. The van der Waals surface area contributed by atoms with Crippen molar-refractivity contribution in [3.63, 3.8) is 0 Å². The fourth-order valence-electron chi connectivity index (χ4n) is 6.01. The molecule has 4 aliphatic rings. The van der Waals surface area contributed by atoms with Gasteiger partial charge in [-0.15, -0.1) is 0 Å². The zero-order chi connectivity index (χ0) is 11.7. The summed E-state index contributed by atoms with van der Waals surface area (Å²) in [4.78, 5) is 0. The van der Waals surface area contributed by atoms with Crippen LogP contribution in [0.2, 0.25) is 0 Å². The van der Waals surface area contributed by atoms with E-state index in [1.54, 1.807) is 6.42 Å². The summed E-state index contributed by atoms with van der Waals surface area (Å²) in [5, 5.41) is 0. The molecule has 3 atom stereocenters. The van der Waals surface area contributed by atoms with Gasteiger partial charge in [-0.2, -0.15) is 0 Å². The molecule has 2 saturated carbocycles. The van der Waals surface area contributed by atoms with Crippen molar-refractivity contribution in [2.75, 3.05) is 26.2 Å². The summed E-state index contributed by atoms with van der Waals surface area (Å²) in [6.45, 7) is 10.6. The number of rotatable bonds is 2. The molecule has 0 aromatic carbocycles. The number of fused-ring (bicyclic) bond motifs is 1. The summed E-state index contributed by atoms with van der Waals surface area (Å²) in [5.41, 5.74) is 3.32. The van der Waals surface area contributed by atoms with E-state index in [9.17, 15) is 0 Å². The van der Waals surface area contributed by atoms with Crippen molar-refractivity contribution in [3.05, 3.63) is 11.6 Å². The van der Waals surface area contributed by atoms with Crippen LogP contribution in [-0.2, 0) is 0 Å². The summed E-state index contributed by atoms with van der Waals surface area (Å²) < 4.78 is 1.43. The standard InChI is InChI=1S/C16H26N/c1-3-17(4-2)11-15-7-5-8-16(15,12-17)14-10-13(14)6-9-15/h6,14H,3-5,7-12H2,1-2H3/q+1. The molecule has 0 spiro atoms. The molecule has 1 aliphatic heterocycles. The summed E-state index contributed by atoms with van der Waals surface area (Å²) in [6.07, 6.45) is 10.1. The topological polar surface area (TPSA) is 0 Å². The highest BCUT2D eigenvalue weighted by molar-refractivity contribution is 5.36. The van der Waals surface area contributed by atoms with Crippen LogP contribution in [0, 0.1) is 16.7 Å². The van der Waals surface area contributed by atoms with Gasteiger partial charge in [0.05, 0.1) is 26.2 Å². The highest BCUT2D eigenvalue weighted by atomic mass is 15.4. The Kier molecular flexibility index (Phi) is 1.86. The zero-order valence-electron chi connectivity index (χ0n) is 11.5. The predicted octanol–water partition coefficient (Wildman–Crippen LogP) is 3.36. The molecule has 4 rings (SSSR count). The van der Waals surface area contributed by atoms with E-state index in [1.165, 1.54) is 56.3 Å². The van der Waals surface area contributed by atoms with E-state index >= 15 is 0 Å². The van der Waals surface area contributed by atoms with Crippen LogP contribution >= 0.6 is 0 Å². The molecule has 0 aromatic rings. The smallest absolute Gasteiger partial charge is 0.0857 e. The van der Waals surface area contributed by atoms with Crippen molar-refractivity contribution in [3.8, 4) is 0 Å². The van der Waals surface area contributed by atoms with Crippen molar-refractivity contribution in [1.29, 1.82) is 0 Å². The minimum atomic E-state index is 0.726. The Morgan fingerprint density at radius 1 is 1.24 bits per heavy atom. The second-order valence-electron chi connectivity index (χ2n) is 7.32. The number of nitrogens with zero attached hydrogens (tertiary/aromatic N) is 1. The lowest BCUT2D eigenvalue weighted by Crippen LogP contribution is -2.47. The largest absolute Gasteiger partial charge is 0.323 e. The highest BCUT2D eigenvalue weighted by Gasteiger charge is 2.72. The van der Waals surface area contributed by atoms with Crippen LogP contribution < -0.4 is 0 Å². The van der Waals surface area contributed by atoms with Gasteiger partial charge in [0.15, 0.2) is 0 Å². The molecular weight excluding hydrogens is 206 g/mol. The molecule has 1 heterocycles. The van der Waals surface area contributed by atoms with Crippen molar-refractivity contribution in [1.82, 2.24) is 0 Å². The van der Waals surface area contributed by atoms with Crippen molar-refractivity contribution in [2.45, 2.75) is 46.0 Å². The summed E-state index contributed by atoms with van der Waals surface area (Å²) >= 11 is 0. The van der Waals surface area contributed by atoms with Crippen LogP contribution in [-0.4, -0.2) is 30.7 Å². The van der Waals surface area contributed by atoms with E-state index in [-0.39, 0.29) is 0 Å². The summed E-state index contributed by atoms with van der Waals surface area (Å²) in [6, 6.07) is 0. The maximum absolute atomic E-state index is 2.64. The molecule has 1 saturated heterocycles. The first kappa shape index (κ1) is 10.6. The van der Waals surface area contributed by atoms with Gasteiger partial charge in [0, 0.05) is 10.8 Å². The first-order valence-corrected chi connectivity index (χ1v) is 7.73. The van der Waals surface area contributed by atoms with E-state index < -0.39 is 0 Å². The van der Waals surface area contributed by atoms with Gasteiger partial charge in [0.1, 0.15) is 0 Å². The second-order valence-corrected chi connectivity index (χ2v) is 7.32. The number of quaternary nitrogens is 1. The van der Waals surface area contributed by atoms with E-state index in [0.717, 1.165) is 16.7 Å². The molecule has 1 nitrogen and oxygen atoms in total. The van der Waals surface area contributed by atoms with E-state index in [4.69, 9.17) is 0 Å². The Balaban J connectivity index is 1.80. The van der Waals surface area contributed by atoms with E-state index in [0.29, 0.717) is 0 Å². The van der Waals surface area contributed by atoms with E-state index in [2.05, 4.69) is 19.9 Å². The Labute approximate surface area is 105 Å². The molecule has 1 heteroatoms. The van der Waals surface area contributed by atoms with E-state index in [1.807, 2.05) is 5.57 Å².